The Bertz CT molecular complexity index is 652. The second-order valence-electron chi connectivity index (χ2n) is 4.99. The fourth-order valence-corrected chi connectivity index (χ4v) is 2.29. The lowest BCUT2D eigenvalue weighted by Crippen LogP contribution is -2.18. The third kappa shape index (κ3) is 2.86. The third-order valence-electron chi connectivity index (χ3n) is 3.15. The van der Waals surface area contributed by atoms with Crippen LogP contribution in [0.15, 0.2) is 23.0 Å². The molecule has 2 rings (SSSR count). The van der Waals surface area contributed by atoms with Gasteiger partial charge in [-0.3, -0.25) is 9.36 Å². The molecule has 0 amide bonds. The molecule has 0 spiro atoms. The molecule has 1 aromatic heterocycles. The van der Waals surface area contributed by atoms with Crippen molar-refractivity contribution in [3.8, 4) is 0 Å². The van der Waals surface area contributed by atoms with Gasteiger partial charge in [-0.2, -0.15) is 0 Å². The Morgan fingerprint density at radius 1 is 1.42 bits per heavy atom. The molecule has 0 atom stereocenters. The van der Waals surface area contributed by atoms with E-state index < -0.39 is 5.97 Å². The molecule has 0 saturated heterocycles. The number of benzene rings is 1. The first-order chi connectivity index (χ1) is 8.99. The van der Waals surface area contributed by atoms with Crippen LogP contribution in [0.25, 0.3) is 11.0 Å². The molecular weight excluding hydrogens is 244 g/mol. The first kappa shape index (κ1) is 13.4. The van der Waals surface area contributed by atoms with E-state index in [9.17, 15) is 9.59 Å². The van der Waals surface area contributed by atoms with E-state index in [0.717, 1.165) is 16.6 Å². The summed E-state index contributed by atoms with van der Waals surface area (Å²) >= 11 is 0. The number of rotatable bonds is 5. The SMILES string of the molecule is CC(C)n1c(=O)[nH]c2cc(CCCC(=O)O)ccc21. The predicted molar refractivity (Wildman–Crippen MR) is 73.5 cm³/mol. The lowest BCUT2D eigenvalue weighted by atomic mass is 10.1. The van der Waals surface area contributed by atoms with Gasteiger partial charge in [0.2, 0.25) is 0 Å². The van der Waals surface area contributed by atoms with E-state index in [0.29, 0.717) is 12.8 Å². The number of hydrogen-bond acceptors (Lipinski definition) is 2. The Kier molecular flexibility index (Phi) is 3.74. The molecule has 0 saturated carbocycles. The molecule has 0 aliphatic carbocycles. The van der Waals surface area contributed by atoms with Gasteiger partial charge >= 0.3 is 11.7 Å². The van der Waals surface area contributed by atoms with Gasteiger partial charge in [0.25, 0.3) is 0 Å². The molecule has 0 bridgehead atoms. The molecule has 19 heavy (non-hydrogen) atoms. The number of nitrogens with zero attached hydrogens (tertiary/aromatic N) is 1. The predicted octanol–water partition coefficient (Wildman–Crippen LogP) is 2.32. The van der Waals surface area contributed by atoms with Crippen molar-refractivity contribution in [2.45, 2.75) is 39.2 Å². The maximum atomic E-state index is 11.8. The van der Waals surface area contributed by atoms with Gasteiger partial charge in [0, 0.05) is 12.5 Å². The Morgan fingerprint density at radius 3 is 2.79 bits per heavy atom. The fourth-order valence-electron chi connectivity index (χ4n) is 2.29. The quantitative estimate of drug-likeness (QED) is 0.868. The highest BCUT2D eigenvalue weighted by atomic mass is 16.4. The summed E-state index contributed by atoms with van der Waals surface area (Å²) < 4.78 is 1.72. The Morgan fingerprint density at radius 2 is 2.16 bits per heavy atom. The topological polar surface area (TPSA) is 75.1 Å². The number of fused-ring (bicyclic) bond motifs is 1. The molecule has 102 valence electrons. The normalized spacial score (nSPS) is 11.3. The highest BCUT2D eigenvalue weighted by Gasteiger charge is 2.09. The summed E-state index contributed by atoms with van der Waals surface area (Å²) in [5.74, 6) is -0.777. The molecule has 0 unspecified atom stereocenters. The van der Waals surface area contributed by atoms with Crippen LogP contribution in [0.1, 0.15) is 38.3 Å². The van der Waals surface area contributed by atoms with E-state index in [4.69, 9.17) is 5.11 Å². The van der Waals surface area contributed by atoms with Gasteiger partial charge in [-0.25, -0.2) is 4.79 Å². The number of aryl methyl sites for hydroxylation is 1. The number of hydrogen-bond donors (Lipinski definition) is 2. The smallest absolute Gasteiger partial charge is 0.326 e. The zero-order chi connectivity index (χ0) is 14.0. The number of aliphatic carboxylic acids is 1. The first-order valence-corrected chi connectivity index (χ1v) is 6.44. The van der Waals surface area contributed by atoms with Gasteiger partial charge in [-0.1, -0.05) is 6.07 Å². The summed E-state index contributed by atoms with van der Waals surface area (Å²) in [6, 6.07) is 5.91. The van der Waals surface area contributed by atoms with Gasteiger partial charge in [0.15, 0.2) is 0 Å². The molecule has 5 nitrogen and oxygen atoms in total. The lowest BCUT2D eigenvalue weighted by Gasteiger charge is -2.07. The lowest BCUT2D eigenvalue weighted by molar-refractivity contribution is -0.137. The minimum Gasteiger partial charge on any atom is -0.481 e. The summed E-state index contributed by atoms with van der Waals surface area (Å²) in [5, 5.41) is 8.61. The van der Waals surface area contributed by atoms with Crippen molar-refractivity contribution >= 4 is 17.0 Å². The monoisotopic (exact) mass is 262 g/mol. The molecule has 1 heterocycles. The van der Waals surface area contributed by atoms with Gasteiger partial charge in [-0.15, -0.1) is 0 Å². The minimum absolute atomic E-state index is 0.104. The van der Waals surface area contributed by atoms with Crippen LogP contribution in [0.3, 0.4) is 0 Å². The maximum Gasteiger partial charge on any atom is 0.326 e. The van der Waals surface area contributed by atoms with Crippen molar-refractivity contribution in [1.29, 1.82) is 0 Å². The van der Waals surface area contributed by atoms with Crippen LogP contribution >= 0.6 is 0 Å². The van der Waals surface area contributed by atoms with Gasteiger partial charge in [-0.05, 0) is 44.4 Å². The van der Waals surface area contributed by atoms with Crippen molar-refractivity contribution in [3.63, 3.8) is 0 Å². The summed E-state index contributed by atoms with van der Waals surface area (Å²) in [6.45, 7) is 3.94. The minimum atomic E-state index is -0.777. The van der Waals surface area contributed by atoms with E-state index in [2.05, 4.69) is 4.98 Å². The molecule has 0 radical (unpaired) electrons. The number of imidazole rings is 1. The van der Waals surface area contributed by atoms with E-state index in [-0.39, 0.29) is 18.2 Å². The van der Waals surface area contributed by atoms with Crippen LogP contribution in [0.2, 0.25) is 0 Å². The molecule has 2 aromatic rings. The molecule has 0 aliphatic rings. The van der Waals surface area contributed by atoms with Crippen molar-refractivity contribution in [3.05, 3.63) is 34.2 Å². The highest BCUT2D eigenvalue weighted by molar-refractivity contribution is 5.76. The zero-order valence-electron chi connectivity index (χ0n) is 11.1. The number of carboxylic acids is 1. The van der Waals surface area contributed by atoms with Gasteiger partial charge in [0.1, 0.15) is 0 Å². The summed E-state index contributed by atoms with van der Waals surface area (Å²) in [4.78, 5) is 25.1. The van der Waals surface area contributed by atoms with E-state index in [1.54, 1.807) is 4.57 Å². The standard InChI is InChI=1S/C14H18N2O3/c1-9(2)16-12-7-6-10(4-3-5-13(17)18)8-11(12)15-14(16)19/h6-9H,3-5H2,1-2H3,(H,15,19)(H,17,18). The molecule has 2 N–H and O–H groups in total. The Labute approximate surface area is 110 Å². The van der Waals surface area contributed by atoms with Crippen LogP contribution < -0.4 is 5.69 Å². The molecule has 5 heteroatoms. The van der Waals surface area contributed by atoms with Crippen LogP contribution in [0, 0.1) is 0 Å². The van der Waals surface area contributed by atoms with Gasteiger partial charge < -0.3 is 10.1 Å². The van der Waals surface area contributed by atoms with Crippen LogP contribution in [0.5, 0.6) is 0 Å². The number of aromatic nitrogens is 2. The molecular formula is C14H18N2O3. The highest BCUT2D eigenvalue weighted by Crippen LogP contribution is 2.17. The van der Waals surface area contributed by atoms with E-state index >= 15 is 0 Å². The number of carbonyl (C=O) groups is 1. The summed E-state index contributed by atoms with van der Waals surface area (Å²) in [5.41, 5.74) is 2.65. The van der Waals surface area contributed by atoms with Crippen LogP contribution in [-0.2, 0) is 11.2 Å². The molecule has 0 aliphatic heterocycles. The number of aromatic amines is 1. The number of H-pyrrole nitrogens is 1. The summed E-state index contributed by atoms with van der Waals surface area (Å²) in [6.07, 6.45) is 1.48. The Hall–Kier alpha value is -2.04. The molecule has 0 fully saturated rings. The van der Waals surface area contributed by atoms with Crippen LogP contribution in [-0.4, -0.2) is 20.6 Å². The average molecular weight is 262 g/mol. The van der Waals surface area contributed by atoms with E-state index in [1.807, 2.05) is 32.0 Å². The zero-order valence-corrected chi connectivity index (χ0v) is 11.1. The van der Waals surface area contributed by atoms with E-state index in [1.165, 1.54) is 0 Å². The largest absolute Gasteiger partial charge is 0.481 e. The fraction of sp³-hybridized carbons (Fsp3) is 0.429. The van der Waals surface area contributed by atoms with Crippen molar-refractivity contribution < 1.29 is 9.90 Å². The van der Waals surface area contributed by atoms with Crippen molar-refractivity contribution in [2.24, 2.45) is 0 Å². The maximum absolute atomic E-state index is 11.8. The van der Waals surface area contributed by atoms with Crippen molar-refractivity contribution in [2.75, 3.05) is 0 Å². The van der Waals surface area contributed by atoms with Gasteiger partial charge in [0.05, 0.1) is 11.0 Å². The first-order valence-electron chi connectivity index (χ1n) is 6.44. The van der Waals surface area contributed by atoms with Crippen molar-refractivity contribution in [1.82, 2.24) is 9.55 Å². The number of nitrogens with one attached hydrogen (secondary N) is 1. The number of carboxylic acid groups (broad SMARTS) is 1. The second-order valence-corrected chi connectivity index (χ2v) is 4.99. The third-order valence-corrected chi connectivity index (χ3v) is 3.15. The molecule has 1 aromatic carbocycles. The summed E-state index contributed by atoms with van der Waals surface area (Å²) in [7, 11) is 0. The van der Waals surface area contributed by atoms with Crippen LogP contribution in [0.4, 0.5) is 0 Å². The average Bonchev–Trinajstić information content (AvgIpc) is 2.63. The second kappa shape index (κ2) is 5.30. The Balaban J connectivity index is 2.27.